The fraction of sp³-hybridized carbons (Fsp3) is 0.636. The predicted octanol–water partition coefficient (Wildman–Crippen LogP) is 1.23. The fourth-order valence-corrected chi connectivity index (χ4v) is 3.57. The summed E-state index contributed by atoms with van der Waals surface area (Å²) in [5, 5.41) is 14.8. The lowest BCUT2D eigenvalue weighted by atomic mass is 10.3. The number of aromatic amines is 1. The van der Waals surface area contributed by atoms with Crippen LogP contribution in [-0.2, 0) is 10.0 Å². The van der Waals surface area contributed by atoms with Gasteiger partial charge in [-0.15, -0.1) is 0 Å². The van der Waals surface area contributed by atoms with Crippen LogP contribution in [0.5, 0.6) is 0 Å². The van der Waals surface area contributed by atoms with Crippen molar-refractivity contribution in [1.82, 2.24) is 14.5 Å². The highest BCUT2D eigenvalue weighted by molar-refractivity contribution is 7.89. The molecule has 0 saturated heterocycles. The second kappa shape index (κ2) is 6.16. The molecule has 0 aliphatic carbocycles. The Kier molecular flexibility index (Phi) is 5.07. The lowest BCUT2D eigenvalue weighted by molar-refractivity contribution is 0.0691. The van der Waals surface area contributed by atoms with E-state index in [0.29, 0.717) is 25.9 Å². The Morgan fingerprint density at radius 3 is 2.26 bits per heavy atom. The molecule has 2 N–H and O–H groups in total. The first-order valence-corrected chi connectivity index (χ1v) is 7.58. The summed E-state index contributed by atoms with van der Waals surface area (Å²) in [6, 6.07) is 0. The molecular formula is C11H19N3O4S. The highest BCUT2D eigenvalue weighted by Gasteiger charge is 2.32. The van der Waals surface area contributed by atoms with Crippen molar-refractivity contribution >= 4 is 16.0 Å². The molecule has 7 nitrogen and oxygen atoms in total. The molecule has 1 aromatic rings. The normalized spacial score (nSPS) is 12.0. The third-order valence-corrected chi connectivity index (χ3v) is 4.49. The number of carbonyl (C=O) groups is 1. The zero-order valence-corrected chi connectivity index (χ0v) is 12.1. The van der Waals surface area contributed by atoms with Crippen molar-refractivity contribution < 1.29 is 18.3 Å². The molecule has 0 aliphatic rings. The summed E-state index contributed by atoms with van der Waals surface area (Å²) in [5.74, 6) is -1.29. The maximum atomic E-state index is 12.4. The molecule has 1 heterocycles. The van der Waals surface area contributed by atoms with E-state index in [1.54, 1.807) is 0 Å². The van der Waals surface area contributed by atoms with Crippen molar-refractivity contribution in [1.29, 1.82) is 0 Å². The van der Waals surface area contributed by atoms with Crippen LogP contribution in [-0.4, -0.2) is 47.1 Å². The number of hydrogen-bond donors (Lipinski definition) is 2. The van der Waals surface area contributed by atoms with Crippen LogP contribution in [0.25, 0.3) is 0 Å². The Morgan fingerprint density at radius 1 is 1.32 bits per heavy atom. The predicted molar refractivity (Wildman–Crippen MR) is 69.6 cm³/mol. The summed E-state index contributed by atoms with van der Waals surface area (Å²) < 4.78 is 26.1. The molecule has 8 heteroatoms. The fourth-order valence-electron chi connectivity index (χ4n) is 1.82. The van der Waals surface area contributed by atoms with Crippen molar-refractivity contribution in [2.45, 2.75) is 38.6 Å². The van der Waals surface area contributed by atoms with Gasteiger partial charge in [0.05, 0.1) is 0 Å². The molecule has 0 aromatic carbocycles. The Balaban J connectivity index is 3.29. The van der Waals surface area contributed by atoms with Crippen LogP contribution in [0.15, 0.2) is 5.03 Å². The quantitative estimate of drug-likeness (QED) is 0.785. The van der Waals surface area contributed by atoms with Gasteiger partial charge in [0, 0.05) is 18.8 Å². The molecule has 0 atom stereocenters. The van der Waals surface area contributed by atoms with Gasteiger partial charge in [-0.1, -0.05) is 13.8 Å². The zero-order chi connectivity index (χ0) is 14.6. The monoisotopic (exact) mass is 289 g/mol. The van der Waals surface area contributed by atoms with Crippen molar-refractivity contribution in [3.05, 3.63) is 11.3 Å². The van der Waals surface area contributed by atoms with Gasteiger partial charge < -0.3 is 5.11 Å². The number of aryl methyl sites for hydroxylation is 1. The number of H-pyrrole nitrogens is 1. The van der Waals surface area contributed by atoms with E-state index in [-0.39, 0.29) is 11.3 Å². The van der Waals surface area contributed by atoms with Crippen LogP contribution < -0.4 is 0 Å². The minimum absolute atomic E-state index is 0.235. The number of aromatic carboxylic acids is 1. The molecule has 0 saturated carbocycles. The van der Waals surface area contributed by atoms with E-state index in [9.17, 15) is 13.2 Å². The Labute approximate surface area is 112 Å². The van der Waals surface area contributed by atoms with Crippen molar-refractivity contribution in [2.75, 3.05) is 13.1 Å². The number of sulfonamides is 1. The smallest absolute Gasteiger partial charge is 0.340 e. The molecule has 0 aliphatic heterocycles. The zero-order valence-electron chi connectivity index (χ0n) is 11.3. The maximum absolute atomic E-state index is 12.4. The maximum Gasteiger partial charge on any atom is 0.340 e. The van der Waals surface area contributed by atoms with Crippen LogP contribution in [0, 0.1) is 6.92 Å². The molecule has 0 fully saturated rings. The highest BCUT2D eigenvalue weighted by atomic mass is 32.2. The summed E-state index contributed by atoms with van der Waals surface area (Å²) in [6.45, 7) is 5.92. The topological polar surface area (TPSA) is 103 Å². The van der Waals surface area contributed by atoms with Gasteiger partial charge in [0.2, 0.25) is 5.03 Å². The largest absolute Gasteiger partial charge is 0.478 e. The lowest BCUT2D eigenvalue weighted by Crippen LogP contribution is -2.33. The molecule has 0 spiro atoms. The van der Waals surface area contributed by atoms with Crippen LogP contribution in [0.1, 0.15) is 42.7 Å². The summed E-state index contributed by atoms with van der Waals surface area (Å²) >= 11 is 0. The van der Waals surface area contributed by atoms with E-state index >= 15 is 0 Å². The summed E-state index contributed by atoms with van der Waals surface area (Å²) in [7, 11) is -3.87. The van der Waals surface area contributed by atoms with Crippen molar-refractivity contribution in [3.8, 4) is 0 Å². The van der Waals surface area contributed by atoms with E-state index in [1.807, 2.05) is 13.8 Å². The number of aromatic nitrogens is 2. The third-order valence-electron chi connectivity index (χ3n) is 2.66. The van der Waals surface area contributed by atoms with E-state index in [1.165, 1.54) is 11.2 Å². The standard InChI is InChI=1S/C11H19N3O4S/c1-4-6-14(7-5-2)19(17,18)10-9(11(15)16)8(3)12-13-10/h4-7H2,1-3H3,(H,12,13)(H,15,16). The lowest BCUT2D eigenvalue weighted by Gasteiger charge is -2.19. The van der Waals surface area contributed by atoms with Crippen LogP contribution >= 0.6 is 0 Å². The SMILES string of the molecule is CCCN(CCC)S(=O)(=O)c1n[nH]c(C)c1C(=O)O. The van der Waals surface area contributed by atoms with Gasteiger partial charge in [-0.05, 0) is 19.8 Å². The average Bonchev–Trinajstić information content (AvgIpc) is 2.71. The van der Waals surface area contributed by atoms with Gasteiger partial charge in [-0.3, -0.25) is 5.10 Å². The minimum atomic E-state index is -3.87. The summed E-state index contributed by atoms with van der Waals surface area (Å²) in [4.78, 5) is 11.1. The molecule has 0 bridgehead atoms. The van der Waals surface area contributed by atoms with Crippen molar-refractivity contribution in [2.24, 2.45) is 0 Å². The van der Waals surface area contributed by atoms with Gasteiger partial charge in [-0.25, -0.2) is 13.2 Å². The Hall–Kier alpha value is -1.41. The molecular weight excluding hydrogens is 270 g/mol. The van der Waals surface area contributed by atoms with Gasteiger partial charge >= 0.3 is 5.97 Å². The van der Waals surface area contributed by atoms with Gasteiger partial charge in [0.1, 0.15) is 5.56 Å². The molecule has 108 valence electrons. The second-order valence-corrected chi connectivity index (χ2v) is 6.09. The number of nitrogens with one attached hydrogen (secondary N) is 1. The number of carboxylic acid groups (broad SMARTS) is 1. The highest BCUT2D eigenvalue weighted by Crippen LogP contribution is 2.21. The summed E-state index contributed by atoms with van der Waals surface area (Å²) in [5.41, 5.74) is -0.0452. The van der Waals surface area contributed by atoms with Gasteiger partial charge in [-0.2, -0.15) is 9.40 Å². The van der Waals surface area contributed by atoms with Gasteiger partial charge in [0.25, 0.3) is 10.0 Å². The molecule has 0 amide bonds. The van der Waals surface area contributed by atoms with Crippen LogP contribution in [0.3, 0.4) is 0 Å². The van der Waals surface area contributed by atoms with Crippen LogP contribution in [0.2, 0.25) is 0 Å². The Bertz CT molecular complexity index is 544. The van der Waals surface area contributed by atoms with Gasteiger partial charge in [0.15, 0.2) is 0 Å². The van der Waals surface area contributed by atoms with E-state index < -0.39 is 21.0 Å². The molecule has 0 unspecified atom stereocenters. The van der Waals surface area contributed by atoms with E-state index in [2.05, 4.69) is 10.2 Å². The first-order chi connectivity index (χ1) is 8.86. The second-order valence-electron chi connectivity index (χ2n) is 4.24. The molecule has 19 heavy (non-hydrogen) atoms. The number of carboxylic acids is 1. The number of rotatable bonds is 7. The minimum Gasteiger partial charge on any atom is -0.478 e. The van der Waals surface area contributed by atoms with Crippen LogP contribution in [0.4, 0.5) is 0 Å². The summed E-state index contributed by atoms with van der Waals surface area (Å²) in [6.07, 6.45) is 1.32. The number of hydrogen-bond acceptors (Lipinski definition) is 4. The first-order valence-electron chi connectivity index (χ1n) is 6.14. The van der Waals surface area contributed by atoms with Crippen molar-refractivity contribution in [3.63, 3.8) is 0 Å². The molecule has 0 radical (unpaired) electrons. The first kappa shape index (κ1) is 15.6. The van der Waals surface area contributed by atoms with E-state index in [4.69, 9.17) is 5.11 Å². The molecule has 1 aromatic heterocycles. The van der Waals surface area contributed by atoms with E-state index in [0.717, 1.165) is 0 Å². The Morgan fingerprint density at radius 2 is 1.84 bits per heavy atom. The average molecular weight is 289 g/mol. The molecule has 1 rings (SSSR count). The number of nitrogens with zero attached hydrogens (tertiary/aromatic N) is 2. The third kappa shape index (κ3) is 3.13.